The predicted molar refractivity (Wildman–Crippen MR) is 154 cm³/mol. The molecule has 2 aromatic carbocycles. The molecule has 0 saturated carbocycles. The molecule has 0 radical (unpaired) electrons. The highest BCUT2D eigenvalue weighted by atomic mass is 32.2. The minimum atomic E-state index is -4.27. The maximum atomic E-state index is 12.0. The summed E-state index contributed by atoms with van der Waals surface area (Å²) in [6.45, 7) is 8.44. The number of benzene rings is 2. The molecule has 0 bridgehead atoms. The zero-order chi connectivity index (χ0) is 32.3. The van der Waals surface area contributed by atoms with Crippen molar-refractivity contribution in [2.45, 2.75) is 44.9 Å². The van der Waals surface area contributed by atoms with Crippen molar-refractivity contribution in [1.82, 2.24) is 4.98 Å². The Kier molecular flexibility index (Phi) is 9.72. The van der Waals surface area contributed by atoms with Crippen molar-refractivity contribution in [2.24, 2.45) is 7.05 Å². The van der Waals surface area contributed by atoms with Gasteiger partial charge in [-0.2, -0.15) is 4.57 Å². The first kappa shape index (κ1) is 32.9. The molecule has 0 aliphatic carbocycles. The number of fused-ring (bicyclic) bond motifs is 1. The molecule has 1 aliphatic heterocycles. The normalized spacial score (nSPS) is 14.3. The van der Waals surface area contributed by atoms with Gasteiger partial charge in [-0.3, -0.25) is 9.59 Å². The fourth-order valence-corrected chi connectivity index (χ4v) is 4.94. The van der Waals surface area contributed by atoms with Crippen LogP contribution >= 0.6 is 0 Å². The van der Waals surface area contributed by atoms with Gasteiger partial charge >= 0.3 is 29.6 Å². The number of hydrogen-bond acceptors (Lipinski definition) is 11. The number of aromatic nitrogens is 2. The monoisotopic (exact) mass is 611 g/mol. The minimum absolute atomic E-state index is 0.0163. The topological polar surface area (TPSA) is 156 Å². The van der Waals surface area contributed by atoms with E-state index in [0.717, 1.165) is 22.5 Å². The summed E-state index contributed by atoms with van der Waals surface area (Å²) in [6.07, 6.45) is 1.83. The summed E-state index contributed by atoms with van der Waals surface area (Å²) in [5, 5.41) is 0. The summed E-state index contributed by atoms with van der Waals surface area (Å²) in [7, 11) is 0.689. The molecule has 2 heterocycles. The number of hydrogen-bond donors (Lipinski definition) is 0. The first-order valence-electron chi connectivity index (χ1n) is 12.9. The highest BCUT2D eigenvalue weighted by Gasteiger charge is 2.40. The second-order valence-corrected chi connectivity index (χ2v) is 11.6. The van der Waals surface area contributed by atoms with Gasteiger partial charge in [-0.1, -0.05) is 31.5 Å². The standard InChI is InChI=1S/C23H26N3O6.C7H8O3S/c1-13(27)31-20-12-21(32-14(2)28)26(6)19(24-20)11-18-23(3,4)16-10-15(22(29)30-7)8-9-17(16)25(18)5;1-6-2-4-7(5-3-6)11(8,9)10/h8-12H,1-7H3;2-5H,1H3,(H,8,9,10)/q+1;/p-1. The molecule has 3 aromatic rings. The van der Waals surface area contributed by atoms with Gasteiger partial charge in [0.05, 0.1) is 30.7 Å². The van der Waals surface area contributed by atoms with E-state index in [1.54, 1.807) is 29.8 Å². The van der Waals surface area contributed by atoms with E-state index >= 15 is 0 Å². The Labute approximate surface area is 250 Å². The molecule has 4 rings (SSSR count). The number of aryl methyl sites for hydroxylation is 1. The first-order valence-corrected chi connectivity index (χ1v) is 14.4. The zero-order valence-electron chi connectivity index (χ0n) is 25.1. The number of allylic oxidation sites excluding steroid dienone is 1. The lowest BCUT2D eigenvalue weighted by Crippen LogP contribution is -2.37. The predicted octanol–water partition coefficient (Wildman–Crippen LogP) is 3.21. The molecular formula is C30H33N3O9S. The smallest absolute Gasteiger partial charge is 0.343 e. The average Bonchev–Trinajstić information content (AvgIpc) is 3.10. The van der Waals surface area contributed by atoms with Gasteiger partial charge < -0.3 is 23.7 Å². The Morgan fingerprint density at radius 2 is 1.60 bits per heavy atom. The lowest BCUT2D eigenvalue weighted by Gasteiger charge is -2.23. The second kappa shape index (κ2) is 12.7. The van der Waals surface area contributed by atoms with E-state index in [1.165, 1.54) is 39.2 Å². The third-order valence-electron chi connectivity index (χ3n) is 6.67. The molecular weight excluding hydrogens is 578 g/mol. The largest absolute Gasteiger partial charge is 0.744 e. The van der Waals surface area contributed by atoms with E-state index in [0.29, 0.717) is 11.4 Å². The van der Waals surface area contributed by atoms with Crippen LogP contribution in [-0.4, -0.2) is 50.0 Å². The molecule has 13 heteroatoms. The summed E-state index contributed by atoms with van der Waals surface area (Å²) in [5.41, 5.74) is 3.68. The van der Waals surface area contributed by atoms with Crippen LogP contribution in [0.2, 0.25) is 0 Å². The molecule has 0 amide bonds. The van der Waals surface area contributed by atoms with E-state index in [2.05, 4.69) is 4.98 Å². The Balaban J connectivity index is 0.000000386. The molecule has 228 valence electrons. The fourth-order valence-electron chi connectivity index (χ4n) is 4.47. The number of carbonyl (C=O) groups is 3. The summed E-state index contributed by atoms with van der Waals surface area (Å²) < 4.78 is 48.0. The van der Waals surface area contributed by atoms with Gasteiger partial charge in [-0.05, 0) is 47.8 Å². The molecule has 0 saturated heterocycles. The molecule has 1 aromatic heterocycles. The van der Waals surface area contributed by atoms with Gasteiger partial charge in [0.2, 0.25) is 0 Å². The molecule has 0 fully saturated rings. The second-order valence-electron chi connectivity index (χ2n) is 10.2. The van der Waals surface area contributed by atoms with Crippen molar-refractivity contribution in [3.05, 3.63) is 76.7 Å². The number of nitrogens with zero attached hydrogens (tertiary/aromatic N) is 3. The number of ether oxygens (including phenoxy) is 3. The summed E-state index contributed by atoms with van der Waals surface area (Å²) in [6, 6.07) is 12.6. The Hall–Kier alpha value is -4.62. The van der Waals surface area contributed by atoms with Crippen LogP contribution in [-0.2, 0) is 36.9 Å². The maximum Gasteiger partial charge on any atom is 0.343 e. The lowest BCUT2D eigenvalue weighted by atomic mass is 9.83. The van der Waals surface area contributed by atoms with Crippen LogP contribution in [0.4, 0.5) is 5.69 Å². The molecule has 0 N–H and O–H groups in total. The van der Waals surface area contributed by atoms with Crippen LogP contribution in [0.1, 0.15) is 55.0 Å². The van der Waals surface area contributed by atoms with Crippen LogP contribution < -0.4 is 18.9 Å². The number of anilines is 1. The number of methoxy groups -OCH3 is 1. The van der Waals surface area contributed by atoms with Gasteiger partial charge in [0, 0.05) is 37.7 Å². The summed E-state index contributed by atoms with van der Waals surface area (Å²) in [5.74, 6) is -0.852. The van der Waals surface area contributed by atoms with Crippen molar-refractivity contribution in [3.63, 3.8) is 0 Å². The highest BCUT2D eigenvalue weighted by Crippen LogP contribution is 2.47. The number of esters is 3. The summed E-state index contributed by atoms with van der Waals surface area (Å²) >= 11 is 0. The third-order valence-corrected chi connectivity index (χ3v) is 7.52. The Bertz CT molecular complexity index is 1710. The van der Waals surface area contributed by atoms with Crippen molar-refractivity contribution in [3.8, 4) is 11.8 Å². The van der Waals surface area contributed by atoms with Gasteiger partial charge in [-0.15, -0.1) is 0 Å². The Morgan fingerprint density at radius 3 is 2.14 bits per heavy atom. The van der Waals surface area contributed by atoms with Gasteiger partial charge in [0.15, 0.2) is 0 Å². The zero-order valence-corrected chi connectivity index (χ0v) is 25.9. The molecule has 43 heavy (non-hydrogen) atoms. The minimum Gasteiger partial charge on any atom is -0.744 e. The van der Waals surface area contributed by atoms with E-state index < -0.39 is 33.4 Å². The van der Waals surface area contributed by atoms with Crippen LogP contribution in [0.5, 0.6) is 11.8 Å². The van der Waals surface area contributed by atoms with E-state index in [4.69, 9.17) is 14.2 Å². The molecule has 1 aliphatic rings. The first-order chi connectivity index (χ1) is 19.9. The van der Waals surface area contributed by atoms with Crippen molar-refractivity contribution < 1.29 is 46.1 Å². The molecule has 12 nitrogen and oxygen atoms in total. The Morgan fingerprint density at radius 1 is 1.00 bits per heavy atom. The van der Waals surface area contributed by atoms with E-state index in [9.17, 15) is 27.4 Å². The number of carbonyl (C=O) groups excluding carboxylic acids is 3. The van der Waals surface area contributed by atoms with Gasteiger partial charge in [-0.25, -0.2) is 13.2 Å². The SMILES string of the molecule is COC(=O)c1ccc2c(c1)C(C)(C)C(=Cc1nc(OC(C)=O)cc(OC(C)=O)[n+]1C)N2C.Cc1ccc(S(=O)(=O)[O-])cc1. The lowest BCUT2D eigenvalue weighted by molar-refractivity contribution is -0.680. The molecule has 0 atom stereocenters. The van der Waals surface area contributed by atoms with Crippen LogP contribution in [0.25, 0.3) is 6.08 Å². The third kappa shape index (κ3) is 7.62. The fraction of sp³-hybridized carbons (Fsp3) is 0.300. The highest BCUT2D eigenvalue weighted by molar-refractivity contribution is 7.85. The average molecular weight is 612 g/mol. The molecule has 0 unspecified atom stereocenters. The number of rotatable bonds is 5. The van der Waals surface area contributed by atoms with E-state index in [1.807, 2.05) is 50.9 Å². The van der Waals surface area contributed by atoms with Gasteiger partial charge in [0.1, 0.15) is 16.2 Å². The van der Waals surface area contributed by atoms with Crippen LogP contribution in [0, 0.1) is 6.92 Å². The molecule has 0 spiro atoms. The van der Waals surface area contributed by atoms with Crippen molar-refractivity contribution in [2.75, 3.05) is 19.1 Å². The van der Waals surface area contributed by atoms with Crippen molar-refractivity contribution in [1.29, 1.82) is 0 Å². The van der Waals surface area contributed by atoms with Crippen LogP contribution in [0.15, 0.2) is 59.1 Å². The van der Waals surface area contributed by atoms with Gasteiger partial charge in [0.25, 0.3) is 5.88 Å². The maximum absolute atomic E-state index is 12.0. The van der Waals surface area contributed by atoms with Crippen LogP contribution in [0.3, 0.4) is 0 Å². The number of likely N-dealkylation sites (N-methyl/N-ethyl adjacent to an activating group) is 1. The van der Waals surface area contributed by atoms with Crippen molar-refractivity contribution >= 4 is 39.8 Å². The van der Waals surface area contributed by atoms with E-state index in [-0.39, 0.29) is 16.7 Å². The summed E-state index contributed by atoms with van der Waals surface area (Å²) in [4.78, 5) is 41.3. The quantitative estimate of drug-likeness (QED) is 0.237.